The van der Waals surface area contributed by atoms with Crippen molar-refractivity contribution in [1.82, 2.24) is 41.3 Å². The van der Waals surface area contributed by atoms with Crippen LogP contribution in [0, 0.1) is 0 Å². The third-order valence-electron chi connectivity index (χ3n) is 13.6. The third-order valence-corrected chi connectivity index (χ3v) is 13.6. The van der Waals surface area contributed by atoms with E-state index in [9.17, 15) is 58.5 Å². The summed E-state index contributed by atoms with van der Waals surface area (Å²) in [5.74, 6) is -7.33. The van der Waals surface area contributed by atoms with Crippen molar-refractivity contribution in [2.75, 3.05) is 45.9 Å². The summed E-state index contributed by atoms with van der Waals surface area (Å²) in [7, 11) is 0. The van der Waals surface area contributed by atoms with E-state index in [2.05, 4.69) is 42.3 Å². The Balaban J connectivity index is 1.22. The van der Waals surface area contributed by atoms with Gasteiger partial charge in [0, 0.05) is 45.3 Å². The second-order valence-electron chi connectivity index (χ2n) is 19.4. The first-order valence-electron chi connectivity index (χ1n) is 25.8. The van der Waals surface area contributed by atoms with Gasteiger partial charge in [-0.1, -0.05) is 60.7 Å². The molecule has 420 valence electrons. The number of quaternary nitrogens is 1. The number of amides is 8. The van der Waals surface area contributed by atoms with Crippen LogP contribution in [0.1, 0.15) is 68.9 Å². The average molecular weight is 1080 g/mol. The number of hydrogen-bond acceptors (Lipinski definition) is 12. The highest BCUT2D eigenvalue weighted by Gasteiger charge is 2.46. The van der Waals surface area contributed by atoms with E-state index < -0.39 is 115 Å². The van der Waals surface area contributed by atoms with Crippen molar-refractivity contribution in [3.63, 3.8) is 0 Å². The molecule has 9 atom stereocenters. The van der Waals surface area contributed by atoms with Gasteiger partial charge in [-0.2, -0.15) is 0 Å². The van der Waals surface area contributed by atoms with E-state index in [1.54, 1.807) is 60.7 Å². The number of carboxylic acids is 1. The number of carbonyl (C=O) groups excluding carboxylic acids is 9. The summed E-state index contributed by atoms with van der Waals surface area (Å²) < 4.78 is 0. The number of carboxylic acid groups (broad SMARTS) is 1. The molecule has 0 spiro atoms. The molecule has 3 saturated heterocycles. The average Bonchev–Trinajstić information content (AvgIpc) is 4.20. The summed E-state index contributed by atoms with van der Waals surface area (Å²) in [6.45, 7) is -0.793. The van der Waals surface area contributed by atoms with E-state index in [1.165, 1.54) is 14.7 Å². The predicted octanol–water partition coefficient (Wildman–Crippen LogP) is -10.9. The molecular weight excluding hydrogens is 1000 g/mol. The maximum atomic E-state index is 14.1. The lowest BCUT2D eigenvalue weighted by Gasteiger charge is -2.31. The molecule has 77 heavy (non-hydrogen) atoms. The number of nitrogens with zero attached hydrogens (tertiary/aromatic N) is 3. The number of nitrogens with two attached hydrogens (primary N) is 4. The van der Waals surface area contributed by atoms with Gasteiger partial charge in [-0.3, -0.25) is 71.3 Å². The van der Waals surface area contributed by atoms with Crippen LogP contribution in [0.4, 0.5) is 0 Å². The van der Waals surface area contributed by atoms with Crippen LogP contribution >= 0.6 is 0 Å². The highest BCUT2D eigenvalue weighted by molar-refractivity contribution is 5.98. The molecule has 5 rings (SSSR count). The fourth-order valence-corrected chi connectivity index (χ4v) is 9.66. The molecule has 20 N–H and O–H groups in total. The second-order valence-corrected chi connectivity index (χ2v) is 19.4. The number of likely N-dealkylation sites (tertiary alicyclic amines) is 3. The highest BCUT2D eigenvalue weighted by atomic mass is 16.4. The zero-order valence-electron chi connectivity index (χ0n) is 43.0. The van der Waals surface area contributed by atoms with Gasteiger partial charge in [0.05, 0.1) is 44.4 Å². The topological polar surface area (TPSA) is 447 Å². The molecule has 8 amide bonds. The van der Waals surface area contributed by atoms with Gasteiger partial charge >= 0.3 is 11.9 Å². The van der Waals surface area contributed by atoms with Crippen molar-refractivity contribution in [1.29, 1.82) is 0 Å². The normalized spacial score (nSPS) is 19.9. The van der Waals surface area contributed by atoms with Crippen molar-refractivity contribution in [2.45, 2.75) is 125 Å². The van der Waals surface area contributed by atoms with Crippen LogP contribution in [0.25, 0.3) is 0 Å². The van der Waals surface area contributed by atoms with Crippen LogP contribution in [0.15, 0.2) is 60.7 Å². The summed E-state index contributed by atoms with van der Waals surface area (Å²) in [5, 5.41) is 45.9. The van der Waals surface area contributed by atoms with Crippen LogP contribution < -0.4 is 70.3 Å². The van der Waals surface area contributed by atoms with Gasteiger partial charge in [-0.05, 0) is 56.1 Å². The first-order chi connectivity index (χ1) is 36.8. The van der Waals surface area contributed by atoms with Crippen molar-refractivity contribution in [3.05, 3.63) is 71.8 Å². The quantitative estimate of drug-likeness (QED) is 0.0224. The Labute approximate surface area is 445 Å². The largest absolute Gasteiger partial charge is 0.548 e. The number of β-amino-alcohol motifs (C(OH)–C–C–N with tert-alkyl or cyclic N) is 1. The summed E-state index contributed by atoms with van der Waals surface area (Å²) in [6, 6.07) is 7.52. The molecule has 3 aliphatic rings. The molecule has 0 bridgehead atoms. The Kier molecular flexibility index (Phi) is 22.9. The number of hydrogen-bond donors (Lipinski definition) is 14. The maximum absolute atomic E-state index is 14.1. The molecule has 27 nitrogen and oxygen atoms in total. The van der Waals surface area contributed by atoms with Crippen LogP contribution in [0.3, 0.4) is 0 Å². The van der Waals surface area contributed by atoms with Crippen molar-refractivity contribution < 1.29 is 74.2 Å². The minimum absolute atomic E-state index is 0.0345. The monoisotopic (exact) mass is 1080 g/mol. The Morgan fingerprint density at radius 2 is 1.17 bits per heavy atom. The minimum atomic E-state index is -1.61. The zero-order chi connectivity index (χ0) is 56.2. The van der Waals surface area contributed by atoms with Crippen molar-refractivity contribution in [2.24, 2.45) is 22.9 Å². The van der Waals surface area contributed by atoms with Gasteiger partial charge < -0.3 is 67.1 Å². The van der Waals surface area contributed by atoms with E-state index in [4.69, 9.17) is 22.9 Å². The molecular formula is C50H75N15O12+2. The number of aliphatic hydroxyl groups excluding tert-OH is 2. The third kappa shape index (κ3) is 17.8. The standard InChI is InChI=1S/C50H73N15O12/c51-32(15-7-19-56-49(52)53)45(73)64-22-10-18-38(64)47(75)65-27-31(67)25-39(65)43(71)58-26-40(68)59-34(23-29-11-3-1-4-12-29)41(69)62-36(28-66)46(74)63-21-9-17-37(63)44(72)61-35(24-30-13-5-2-6-14-30)42(70)60-33(48(76)77)16-8-20-57-50(54)55/h1-6,11-14,31-39,66-67H,7-10,15-28,51H2,(H,58,71)(H,59,68)(H,60,70)(H,61,72)(H,62,69)(H,76,77)(H4,52,53,56)(H4,54,55,57)/p+2/t31-,32+,33+,34+,35+,36+,37+,38+,39+/m1/s1. The minimum Gasteiger partial charge on any atom is -0.548 e. The Hall–Kier alpha value is -7.91. The van der Waals surface area contributed by atoms with Crippen LogP contribution in [-0.4, -0.2) is 190 Å². The molecule has 0 unspecified atom stereocenters. The SMILES string of the molecule is NC(N)=[NH+]CCC[C@H](NC(=O)[C@H](Cc1ccccc1)NC(=O)[C@@H]1CCCN1C(=O)[C@H](CO)NC(=O)[C@H](Cc1ccccc1)NC(=O)CNC(=O)[C@@H]1C[C@@H](O)CN1C(=O)[C@@H]1CCCN1C(=O)[C@@H]([NH3+])CCC[NH+]=C(N)N)C(=O)[O-]. The number of guanidine groups is 2. The first-order valence-corrected chi connectivity index (χ1v) is 25.8. The number of benzene rings is 2. The Morgan fingerprint density at radius 1 is 0.649 bits per heavy atom. The van der Waals surface area contributed by atoms with E-state index in [0.29, 0.717) is 56.3 Å². The Bertz CT molecular complexity index is 2440. The Morgan fingerprint density at radius 3 is 1.71 bits per heavy atom. The highest BCUT2D eigenvalue weighted by Crippen LogP contribution is 2.26. The molecule has 2 aromatic rings. The fraction of sp³-hybridized carbons (Fsp3) is 0.540. The van der Waals surface area contributed by atoms with Crippen LogP contribution in [0.5, 0.6) is 0 Å². The van der Waals surface area contributed by atoms with E-state index in [0.717, 1.165) is 0 Å². The van der Waals surface area contributed by atoms with Crippen molar-refractivity contribution in [3.8, 4) is 0 Å². The molecule has 2 aromatic carbocycles. The second kappa shape index (κ2) is 29.4. The molecule has 27 heteroatoms. The maximum Gasteiger partial charge on any atom is 0.338 e. The molecule has 0 aromatic heterocycles. The van der Waals surface area contributed by atoms with Gasteiger partial charge in [0.15, 0.2) is 6.04 Å². The summed E-state index contributed by atoms with van der Waals surface area (Å²) in [6.07, 6.45) is 1.09. The number of nitrogens with one attached hydrogen (secondary N) is 7. The summed E-state index contributed by atoms with van der Waals surface area (Å²) >= 11 is 0. The van der Waals surface area contributed by atoms with Gasteiger partial charge in [-0.25, -0.2) is 0 Å². The molecule has 0 radical (unpaired) electrons. The van der Waals surface area contributed by atoms with E-state index >= 15 is 0 Å². The predicted molar refractivity (Wildman–Crippen MR) is 272 cm³/mol. The first kappa shape index (κ1) is 60.0. The van der Waals surface area contributed by atoms with Gasteiger partial charge in [0.25, 0.3) is 5.91 Å². The lowest BCUT2D eigenvalue weighted by Crippen LogP contribution is -2.78. The van der Waals surface area contributed by atoms with Crippen LogP contribution in [-0.2, 0) is 56.0 Å². The number of rotatable bonds is 27. The van der Waals surface area contributed by atoms with Crippen LogP contribution in [0.2, 0.25) is 0 Å². The molecule has 0 saturated carbocycles. The molecule has 3 aliphatic heterocycles. The number of carbonyl (C=O) groups is 9. The fourth-order valence-electron chi connectivity index (χ4n) is 9.66. The van der Waals surface area contributed by atoms with Gasteiger partial charge in [0.1, 0.15) is 36.3 Å². The lowest BCUT2D eigenvalue weighted by atomic mass is 10.0. The lowest BCUT2D eigenvalue weighted by molar-refractivity contribution is -0.463. The smallest absolute Gasteiger partial charge is 0.338 e. The van der Waals surface area contributed by atoms with E-state index in [-0.39, 0.29) is 76.0 Å². The van der Waals surface area contributed by atoms with Gasteiger partial charge in [0.2, 0.25) is 41.4 Å². The molecule has 3 heterocycles. The van der Waals surface area contributed by atoms with Crippen molar-refractivity contribution >= 4 is 65.1 Å². The van der Waals surface area contributed by atoms with E-state index in [1.807, 2.05) is 0 Å². The molecule has 3 fully saturated rings. The number of aliphatic hydroxyl groups is 2. The summed E-state index contributed by atoms with van der Waals surface area (Å²) in [5.41, 5.74) is 26.9. The zero-order valence-corrected chi connectivity index (χ0v) is 43.0. The molecule has 0 aliphatic carbocycles. The summed E-state index contributed by atoms with van der Waals surface area (Å²) in [4.78, 5) is 132. The van der Waals surface area contributed by atoms with Gasteiger partial charge in [-0.15, -0.1) is 0 Å². The number of aliphatic carboxylic acids is 1.